The summed E-state index contributed by atoms with van der Waals surface area (Å²) >= 11 is 2.24. The maximum Gasteiger partial charge on any atom is 0.254 e. The normalized spacial score (nSPS) is 19.3. The Labute approximate surface area is 122 Å². The first-order valence-corrected chi connectivity index (χ1v) is 7.39. The Bertz CT molecular complexity index is 447. The van der Waals surface area contributed by atoms with Crippen molar-refractivity contribution in [1.82, 2.24) is 10.2 Å². The van der Waals surface area contributed by atoms with Crippen LogP contribution in [0.5, 0.6) is 0 Å². The lowest BCUT2D eigenvalue weighted by Gasteiger charge is -2.17. The van der Waals surface area contributed by atoms with Gasteiger partial charge in [-0.3, -0.25) is 4.79 Å². The molecule has 1 aromatic rings. The van der Waals surface area contributed by atoms with Gasteiger partial charge in [-0.2, -0.15) is 0 Å². The number of rotatable bonds is 3. The molecule has 0 saturated carbocycles. The van der Waals surface area contributed by atoms with Crippen LogP contribution in [-0.2, 0) is 0 Å². The van der Waals surface area contributed by atoms with E-state index in [9.17, 15) is 4.79 Å². The van der Waals surface area contributed by atoms with Gasteiger partial charge in [-0.05, 0) is 67.6 Å². The Balaban J connectivity index is 2.10. The van der Waals surface area contributed by atoms with Crippen molar-refractivity contribution in [3.8, 4) is 0 Å². The van der Waals surface area contributed by atoms with Gasteiger partial charge in [0.1, 0.15) is 0 Å². The first-order chi connectivity index (χ1) is 8.61. The predicted octanol–water partition coefficient (Wildman–Crippen LogP) is 2.28. The number of nitrogens with zero attached hydrogens (tertiary/aromatic N) is 1. The molecule has 3 nitrogen and oxygen atoms in total. The number of carbonyl (C=O) groups excluding carboxylic acids is 1. The van der Waals surface area contributed by atoms with Crippen LogP contribution in [-0.4, -0.2) is 37.5 Å². The quantitative estimate of drug-likeness (QED) is 0.841. The molecule has 1 N–H and O–H groups in total. The molecule has 1 atom stereocenters. The summed E-state index contributed by atoms with van der Waals surface area (Å²) in [4.78, 5) is 14.5. The highest BCUT2D eigenvalue weighted by atomic mass is 127. The van der Waals surface area contributed by atoms with E-state index in [1.165, 1.54) is 0 Å². The number of amides is 1. The van der Waals surface area contributed by atoms with Crippen LogP contribution in [0, 0.1) is 16.4 Å². The molecule has 1 aliphatic heterocycles. The molecule has 1 fully saturated rings. The monoisotopic (exact) mass is 358 g/mol. The Morgan fingerprint density at radius 3 is 3.06 bits per heavy atom. The Morgan fingerprint density at radius 2 is 2.33 bits per heavy atom. The zero-order valence-electron chi connectivity index (χ0n) is 10.9. The molecule has 98 valence electrons. The van der Waals surface area contributed by atoms with Crippen LogP contribution in [0.4, 0.5) is 0 Å². The molecule has 0 radical (unpaired) electrons. The van der Waals surface area contributed by atoms with Gasteiger partial charge in [0.25, 0.3) is 5.91 Å². The molecule has 1 heterocycles. The molecular formula is C14H19IN2O. The van der Waals surface area contributed by atoms with Gasteiger partial charge in [-0.25, -0.2) is 0 Å². The lowest BCUT2D eigenvalue weighted by atomic mass is 10.1. The van der Waals surface area contributed by atoms with E-state index < -0.39 is 0 Å². The summed E-state index contributed by atoms with van der Waals surface area (Å²) in [5, 5.41) is 3.19. The number of halogens is 1. The van der Waals surface area contributed by atoms with Crippen molar-refractivity contribution >= 4 is 28.5 Å². The maximum absolute atomic E-state index is 12.5. The van der Waals surface area contributed by atoms with E-state index in [1.807, 2.05) is 37.1 Å². The molecule has 0 aliphatic carbocycles. The van der Waals surface area contributed by atoms with Crippen LogP contribution in [0.1, 0.15) is 22.3 Å². The Kier molecular flexibility index (Phi) is 4.61. The number of likely N-dealkylation sites (tertiary alicyclic amines) is 1. The van der Waals surface area contributed by atoms with Gasteiger partial charge < -0.3 is 10.2 Å². The summed E-state index contributed by atoms with van der Waals surface area (Å²) in [5.41, 5.74) is 1.99. The van der Waals surface area contributed by atoms with E-state index in [0.29, 0.717) is 5.92 Å². The topological polar surface area (TPSA) is 32.3 Å². The molecule has 4 heteroatoms. The van der Waals surface area contributed by atoms with Gasteiger partial charge in [0.2, 0.25) is 0 Å². The lowest BCUT2D eigenvalue weighted by molar-refractivity contribution is 0.0786. The van der Waals surface area contributed by atoms with Crippen LogP contribution < -0.4 is 5.32 Å². The molecule has 0 bridgehead atoms. The molecule has 0 aromatic heterocycles. The number of hydrogen-bond acceptors (Lipinski definition) is 2. The minimum Gasteiger partial charge on any atom is -0.338 e. The van der Waals surface area contributed by atoms with Crippen LogP contribution >= 0.6 is 22.6 Å². The fraction of sp³-hybridized carbons (Fsp3) is 0.500. The lowest BCUT2D eigenvalue weighted by Crippen LogP contribution is -2.30. The molecule has 1 saturated heterocycles. The molecule has 1 aromatic carbocycles. The summed E-state index contributed by atoms with van der Waals surface area (Å²) in [7, 11) is 1.97. The van der Waals surface area contributed by atoms with Gasteiger partial charge in [-0.15, -0.1) is 0 Å². The highest BCUT2D eigenvalue weighted by molar-refractivity contribution is 14.1. The van der Waals surface area contributed by atoms with Gasteiger partial charge in [0, 0.05) is 16.7 Å². The van der Waals surface area contributed by atoms with Crippen LogP contribution in [0.15, 0.2) is 18.2 Å². The third kappa shape index (κ3) is 3.03. The molecule has 0 spiro atoms. The first-order valence-electron chi connectivity index (χ1n) is 6.32. The van der Waals surface area contributed by atoms with Crippen molar-refractivity contribution in [1.29, 1.82) is 0 Å². The van der Waals surface area contributed by atoms with Crippen molar-refractivity contribution in [2.24, 2.45) is 5.92 Å². The van der Waals surface area contributed by atoms with Crippen LogP contribution in [0.3, 0.4) is 0 Å². The third-order valence-electron chi connectivity index (χ3n) is 3.42. The second-order valence-corrected chi connectivity index (χ2v) is 6.11. The van der Waals surface area contributed by atoms with E-state index in [4.69, 9.17) is 0 Å². The second-order valence-electron chi connectivity index (χ2n) is 4.95. The summed E-state index contributed by atoms with van der Waals surface area (Å²) < 4.78 is 1.04. The number of benzene rings is 1. The van der Waals surface area contributed by atoms with Gasteiger partial charge in [0.05, 0.1) is 5.56 Å². The third-order valence-corrected chi connectivity index (χ3v) is 4.36. The number of carbonyl (C=O) groups is 1. The first kappa shape index (κ1) is 13.8. The molecular weight excluding hydrogens is 339 g/mol. The average molecular weight is 358 g/mol. The van der Waals surface area contributed by atoms with Gasteiger partial charge in [-0.1, -0.05) is 11.6 Å². The maximum atomic E-state index is 12.5. The fourth-order valence-electron chi connectivity index (χ4n) is 2.45. The van der Waals surface area contributed by atoms with Crippen molar-refractivity contribution in [3.05, 3.63) is 32.9 Å². The summed E-state index contributed by atoms with van der Waals surface area (Å²) in [5.74, 6) is 0.781. The second kappa shape index (κ2) is 6.02. The van der Waals surface area contributed by atoms with Gasteiger partial charge in [0.15, 0.2) is 0 Å². The van der Waals surface area contributed by atoms with E-state index in [-0.39, 0.29) is 5.91 Å². The van der Waals surface area contributed by atoms with E-state index in [2.05, 4.69) is 27.9 Å². The minimum absolute atomic E-state index is 0.182. The fourth-order valence-corrected chi connectivity index (χ4v) is 3.01. The van der Waals surface area contributed by atoms with Crippen molar-refractivity contribution < 1.29 is 4.79 Å². The predicted molar refractivity (Wildman–Crippen MR) is 81.8 cm³/mol. The zero-order chi connectivity index (χ0) is 13.1. The smallest absolute Gasteiger partial charge is 0.254 e. The zero-order valence-corrected chi connectivity index (χ0v) is 13.0. The van der Waals surface area contributed by atoms with Crippen molar-refractivity contribution in [3.63, 3.8) is 0 Å². The van der Waals surface area contributed by atoms with Crippen LogP contribution in [0.25, 0.3) is 0 Å². The summed E-state index contributed by atoms with van der Waals surface area (Å²) in [6, 6.07) is 6.06. The Hall–Kier alpha value is -0.620. The standard InChI is InChI=1S/C14H19IN2O/c1-10-3-4-13(15)12(7-10)14(18)17-6-5-11(9-17)8-16-2/h3-4,7,11,16H,5-6,8-9H2,1-2H3. The van der Waals surface area contributed by atoms with Crippen LogP contribution in [0.2, 0.25) is 0 Å². The summed E-state index contributed by atoms with van der Waals surface area (Å²) in [6.45, 7) is 4.79. The molecule has 18 heavy (non-hydrogen) atoms. The van der Waals surface area contributed by atoms with E-state index >= 15 is 0 Å². The van der Waals surface area contributed by atoms with Crippen molar-refractivity contribution in [2.45, 2.75) is 13.3 Å². The number of hydrogen-bond donors (Lipinski definition) is 1. The summed E-state index contributed by atoms with van der Waals surface area (Å²) in [6.07, 6.45) is 1.11. The van der Waals surface area contributed by atoms with Crippen molar-refractivity contribution in [2.75, 3.05) is 26.7 Å². The molecule has 1 amide bonds. The highest BCUT2D eigenvalue weighted by Gasteiger charge is 2.27. The molecule has 1 aliphatic rings. The van der Waals surface area contributed by atoms with E-state index in [0.717, 1.165) is 40.8 Å². The Morgan fingerprint density at radius 1 is 1.56 bits per heavy atom. The SMILES string of the molecule is CNCC1CCN(C(=O)c2cc(C)ccc2I)C1. The number of nitrogens with one attached hydrogen (secondary N) is 1. The largest absolute Gasteiger partial charge is 0.338 e. The minimum atomic E-state index is 0.182. The van der Waals surface area contributed by atoms with Gasteiger partial charge >= 0.3 is 0 Å². The highest BCUT2D eigenvalue weighted by Crippen LogP contribution is 2.21. The average Bonchev–Trinajstić information content (AvgIpc) is 2.80. The van der Waals surface area contributed by atoms with E-state index in [1.54, 1.807) is 0 Å². The molecule has 2 rings (SSSR count). The molecule has 1 unspecified atom stereocenters. The number of aryl methyl sites for hydroxylation is 1.